The number of rotatable bonds is 6. The van der Waals surface area contributed by atoms with Crippen LogP contribution in [0.1, 0.15) is 11.1 Å². The fourth-order valence-electron chi connectivity index (χ4n) is 1.78. The van der Waals surface area contributed by atoms with E-state index in [4.69, 9.17) is 4.74 Å². The highest BCUT2D eigenvalue weighted by Gasteiger charge is 2.06. The number of aryl methyl sites for hydroxylation is 1. The number of carbonyl (C=O) groups is 1. The first kappa shape index (κ1) is 16.9. The van der Waals surface area contributed by atoms with Gasteiger partial charge in [-0.25, -0.2) is 0 Å². The second kappa shape index (κ2) is 7.69. The van der Waals surface area contributed by atoms with Crippen LogP contribution in [0.15, 0.2) is 53.5 Å². The number of aromatic hydroxyl groups is 1. The van der Waals surface area contributed by atoms with Crippen molar-refractivity contribution in [2.45, 2.75) is 6.92 Å². The van der Waals surface area contributed by atoms with E-state index in [1.165, 1.54) is 0 Å². The fraction of sp³-hybridized carbons (Fsp3) is 0.118. The van der Waals surface area contributed by atoms with Crippen molar-refractivity contribution < 1.29 is 14.6 Å². The van der Waals surface area contributed by atoms with Crippen LogP contribution < -0.4 is 15.6 Å². The molecule has 0 spiro atoms. The maximum atomic E-state index is 11.8. The summed E-state index contributed by atoms with van der Waals surface area (Å²) in [4.78, 5) is 11.8. The smallest absolute Gasteiger partial charge is 0.276 e. The molecule has 0 aliphatic heterocycles. The average Bonchev–Trinajstić information content (AvgIpc) is 2.52. The van der Waals surface area contributed by atoms with Gasteiger partial charge in [0.05, 0.1) is 10.2 Å². The Bertz CT molecular complexity index is 714. The number of carbonyl (C=O) groups excluding carboxylic acids is 1. The first-order valence-electron chi connectivity index (χ1n) is 6.88. The minimum Gasteiger partial charge on any atom is -0.508 e. The van der Waals surface area contributed by atoms with Gasteiger partial charge in [0, 0.05) is 0 Å². The summed E-state index contributed by atoms with van der Waals surface area (Å²) in [6.45, 7) is 5.66. The number of hydrogen-bond acceptors (Lipinski definition) is 4. The molecule has 3 N–H and O–H groups in total. The molecule has 0 fully saturated rings. The van der Waals surface area contributed by atoms with Crippen molar-refractivity contribution in [2.75, 3.05) is 6.61 Å². The molecule has 0 heterocycles. The number of ether oxygens (including phenoxy) is 1. The molecule has 1 amide bonds. The summed E-state index contributed by atoms with van der Waals surface area (Å²) in [7, 11) is 0. The molecular formula is C17H17BrN2O3. The van der Waals surface area contributed by atoms with Crippen LogP contribution in [0.3, 0.4) is 0 Å². The molecule has 0 atom stereocenters. The highest BCUT2D eigenvalue weighted by Crippen LogP contribution is 2.25. The molecule has 0 unspecified atom stereocenters. The molecule has 0 saturated carbocycles. The van der Waals surface area contributed by atoms with Crippen LogP contribution in [0.5, 0.6) is 11.5 Å². The molecule has 0 aliphatic rings. The van der Waals surface area contributed by atoms with Crippen molar-refractivity contribution >= 4 is 27.5 Å². The predicted molar refractivity (Wildman–Crippen MR) is 92.8 cm³/mol. The van der Waals surface area contributed by atoms with Crippen molar-refractivity contribution in [3.8, 4) is 11.5 Å². The standard InChI is InChI=1S/C17H17BrN2O3/c1-11-3-8-16(15(18)9-11)23-10-17(22)20-19-12(2)13-4-6-14(21)7-5-13/h3-9,19,21H,2,10H2,1H3,(H,20,22). The van der Waals surface area contributed by atoms with E-state index in [0.717, 1.165) is 15.6 Å². The van der Waals surface area contributed by atoms with Crippen LogP contribution in [0.25, 0.3) is 5.70 Å². The number of benzene rings is 2. The molecule has 0 aliphatic carbocycles. The van der Waals surface area contributed by atoms with Crippen molar-refractivity contribution in [1.82, 2.24) is 10.9 Å². The summed E-state index contributed by atoms with van der Waals surface area (Å²) in [6, 6.07) is 12.1. The Balaban J connectivity index is 1.81. The molecule has 0 aromatic heterocycles. The largest absolute Gasteiger partial charge is 0.508 e. The zero-order valence-corrected chi connectivity index (χ0v) is 14.2. The Morgan fingerprint density at radius 3 is 2.57 bits per heavy atom. The highest BCUT2D eigenvalue weighted by atomic mass is 79.9. The second-order valence-electron chi connectivity index (χ2n) is 4.92. The Kier molecular flexibility index (Phi) is 5.65. The van der Waals surface area contributed by atoms with Crippen LogP contribution in [-0.2, 0) is 4.79 Å². The molecule has 2 aromatic carbocycles. The lowest BCUT2D eigenvalue weighted by molar-refractivity contribution is -0.123. The van der Waals surface area contributed by atoms with Gasteiger partial charge < -0.3 is 9.84 Å². The number of amides is 1. The van der Waals surface area contributed by atoms with E-state index in [1.807, 2.05) is 19.1 Å². The van der Waals surface area contributed by atoms with Gasteiger partial charge in [-0.1, -0.05) is 12.6 Å². The van der Waals surface area contributed by atoms with E-state index in [9.17, 15) is 9.90 Å². The quantitative estimate of drug-likeness (QED) is 0.677. The first-order valence-corrected chi connectivity index (χ1v) is 7.67. The van der Waals surface area contributed by atoms with Crippen molar-refractivity contribution in [2.24, 2.45) is 0 Å². The highest BCUT2D eigenvalue weighted by molar-refractivity contribution is 9.10. The lowest BCUT2D eigenvalue weighted by Gasteiger charge is -2.12. The molecule has 2 rings (SSSR count). The van der Waals surface area contributed by atoms with Gasteiger partial charge in [-0.05, 0) is 70.4 Å². The Hall–Kier alpha value is -2.47. The lowest BCUT2D eigenvalue weighted by Crippen LogP contribution is -2.38. The summed E-state index contributed by atoms with van der Waals surface area (Å²) < 4.78 is 6.24. The van der Waals surface area contributed by atoms with E-state index >= 15 is 0 Å². The van der Waals surface area contributed by atoms with Crippen molar-refractivity contribution in [3.05, 3.63) is 64.6 Å². The van der Waals surface area contributed by atoms with Gasteiger partial charge >= 0.3 is 0 Å². The van der Waals surface area contributed by atoms with Gasteiger partial charge in [-0.15, -0.1) is 0 Å². The lowest BCUT2D eigenvalue weighted by atomic mass is 10.2. The van der Waals surface area contributed by atoms with Gasteiger partial charge in [0.2, 0.25) is 0 Å². The summed E-state index contributed by atoms with van der Waals surface area (Å²) >= 11 is 3.39. The molecule has 23 heavy (non-hydrogen) atoms. The Labute approximate surface area is 143 Å². The van der Waals surface area contributed by atoms with Gasteiger partial charge in [-0.2, -0.15) is 0 Å². The molecule has 6 heteroatoms. The van der Waals surface area contributed by atoms with Crippen LogP contribution in [-0.4, -0.2) is 17.6 Å². The number of phenols is 1. The number of halogens is 1. The van der Waals surface area contributed by atoms with Gasteiger partial charge in [0.1, 0.15) is 11.5 Å². The van der Waals surface area contributed by atoms with Crippen LogP contribution in [0, 0.1) is 6.92 Å². The van der Waals surface area contributed by atoms with Crippen molar-refractivity contribution in [1.29, 1.82) is 0 Å². The number of hydrogen-bond donors (Lipinski definition) is 3. The van der Waals surface area contributed by atoms with E-state index in [1.54, 1.807) is 30.3 Å². The minimum atomic E-state index is -0.336. The van der Waals surface area contributed by atoms with Gasteiger partial charge in [0.25, 0.3) is 5.91 Å². The van der Waals surface area contributed by atoms with Crippen LogP contribution >= 0.6 is 15.9 Å². The maximum Gasteiger partial charge on any atom is 0.276 e. The summed E-state index contributed by atoms with van der Waals surface area (Å²) in [6.07, 6.45) is 0. The molecule has 120 valence electrons. The zero-order valence-electron chi connectivity index (χ0n) is 12.6. The zero-order chi connectivity index (χ0) is 16.8. The van der Waals surface area contributed by atoms with Gasteiger partial charge in [0.15, 0.2) is 6.61 Å². The normalized spacial score (nSPS) is 10.0. The maximum absolute atomic E-state index is 11.8. The first-order chi connectivity index (χ1) is 11.0. The number of nitrogens with one attached hydrogen (secondary N) is 2. The third-order valence-electron chi connectivity index (χ3n) is 3.01. The Morgan fingerprint density at radius 2 is 1.91 bits per heavy atom. The monoisotopic (exact) mass is 376 g/mol. The number of phenolic OH excluding ortho intramolecular Hbond substituents is 1. The Morgan fingerprint density at radius 1 is 1.22 bits per heavy atom. The SMILES string of the molecule is C=C(NNC(=O)COc1ccc(C)cc1Br)c1ccc(O)cc1. The molecular weight excluding hydrogens is 360 g/mol. The second-order valence-corrected chi connectivity index (χ2v) is 5.78. The van der Waals surface area contributed by atoms with E-state index in [0.29, 0.717) is 11.4 Å². The molecule has 0 saturated heterocycles. The predicted octanol–water partition coefficient (Wildman–Crippen LogP) is 3.13. The molecule has 0 bridgehead atoms. The number of hydrazine groups is 1. The third-order valence-corrected chi connectivity index (χ3v) is 3.63. The summed E-state index contributed by atoms with van der Waals surface area (Å²) in [5.41, 5.74) is 7.58. The van der Waals surface area contributed by atoms with Crippen LogP contribution in [0.2, 0.25) is 0 Å². The topological polar surface area (TPSA) is 70.6 Å². The van der Waals surface area contributed by atoms with E-state index < -0.39 is 0 Å². The van der Waals surface area contributed by atoms with E-state index in [2.05, 4.69) is 33.4 Å². The summed E-state index contributed by atoms with van der Waals surface area (Å²) in [5.74, 6) is 0.433. The molecule has 2 aromatic rings. The average molecular weight is 377 g/mol. The summed E-state index contributed by atoms with van der Waals surface area (Å²) in [5, 5.41) is 9.23. The van der Waals surface area contributed by atoms with Crippen molar-refractivity contribution in [3.63, 3.8) is 0 Å². The van der Waals surface area contributed by atoms with Gasteiger partial charge in [-0.3, -0.25) is 15.6 Å². The molecule has 0 radical (unpaired) electrons. The van der Waals surface area contributed by atoms with E-state index in [-0.39, 0.29) is 18.3 Å². The molecule has 5 nitrogen and oxygen atoms in total. The fourth-order valence-corrected chi connectivity index (χ4v) is 2.39. The van der Waals surface area contributed by atoms with Crippen LogP contribution in [0.4, 0.5) is 0 Å². The minimum absolute atomic E-state index is 0.127. The third kappa shape index (κ3) is 5.03.